The maximum Gasteiger partial charge on any atom is 0.410 e. The second-order valence-electron chi connectivity index (χ2n) is 7.41. The van der Waals surface area contributed by atoms with Crippen molar-refractivity contribution in [1.82, 2.24) is 4.90 Å². The molecule has 2 atom stereocenters. The standard InChI is InChI=1S/C22H21NO6/c24-20(25)13-9-10-23(19(11-13)21(26)27)22(28)29-12-18-16-7-3-1-5-14(16)15-6-2-4-8-17(15)18/h1-8,13,18-19H,9-12H2,(H,24,25)(H,26,27)/t13-,19+/m1/s1. The van der Waals surface area contributed by atoms with E-state index in [1.165, 1.54) is 0 Å². The molecule has 7 heteroatoms. The van der Waals surface area contributed by atoms with Crippen LogP contribution in [0.5, 0.6) is 0 Å². The molecular formula is C22H21NO6. The highest BCUT2D eigenvalue weighted by Gasteiger charge is 2.40. The molecule has 1 aliphatic heterocycles. The highest BCUT2D eigenvalue weighted by molar-refractivity contribution is 5.82. The molecule has 0 radical (unpaired) electrons. The molecule has 0 bridgehead atoms. The second-order valence-corrected chi connectivity index (χ2v) is 7.41. The zero-order valence-corrected chi connectivity index (χ0v) is 15.7. The third kappa shape index (κ3) is 3.44. The SMILES string of the molecule is O=C(O)[C@@H]1CCN(C(=O)OCC2c3ccccc3-c3ccccc32)[C@H](C(=O)O)C1. The van der Waals surface area contributed by atoms with Gasteiger partial charge in [-0.15, -0.1) is 0 Å². The molecule has 1 saturated heterocycles. The van der Waals surface area contributed by atoms with Gasteiger partial charge in [-0.3, -0.25) is 9.69 Å². The second kappa shape index (κ2) is 7.58. The lowest BCUT2D eigenvalue weighted by atomic mass is 9.91. The fourth-order valence-corrected chi connectivity index (χ4v) is 4.32. The fourth-order valence-electron chi connectivity index (χ4n) is 4.32. The van der Waals surface area contributed by atoms with E-state index in [1.807, 2.05) is 48.5 Å². The minimum absolute atomic E-state index is 0.0462. The third-order valence-electron chi connectivity index (χ3n) is 5.81. The molecule has 1 amide bonds. The van der Waals surface area contributed by atoms with Gasteiger partial charge in [-0.25, -0.2) is 9.59 Å². The predicted octanol–water partition coefficient (Wildman–Crippen LogP) is 3.19. The van der Waals surface area contributed by atoms with Crippen molar-refractivity contribution in [3.63, 3.8) is 0 Å². The normalized spacial score (nSPS) is 20.6. The summed E-state index contributed by atoms with van der Waals surface area (Å²) in [6, 6.07) is 14.7. The number of carboxylic acid groups (broad SMARTS) is 2. The van der Waals surface area contributed by atoms with Gasteiger partial charge in [0.25, 0.3) is 0 Å². The van der Waals surface area contributed by atoms with E-state index < -0.39 is 30.0 Å². The van der Waals surface area contributed by atoms with Gasteiger partial charge in [-0.05, 0) is 35.1 Å². The van der Waals surface area contributed by atoms with Gasteiger partial charge >= 0.3 is 18.0 Å². The van der Waals surface area contributed by atoms with Crippen LogP contribution < -0.4 is 0 Å². The molecule has 2 aromatic carbocycles. The Hall–Kier alpha value is -3.35. The number of benzene rings is 2. The molecule has 0 saturated carbocycles. The summed E-state index contributed by atoms with van der Waals surface area (Å²) in [5.74, 6) is -3.15. The van der Waals surface area contributed by atoms with Crippen LogP contribution in [-0.4, -0.2) is 52.3 Å². The minimum Gasteiger partial charge on any atom is -0.481 e. The highest BCUT2D eigenvalue weighted by Crippen LogP contribution is 2.44. The number of carboxylic acids is 2. The zero-order chi connectivity index (χ0) is 20.5. The molecule has 0 unspecified atom stereocenters. The third-order valence-corrected chi connectivity index (χ3v) is 5.81. The predicted molar refractivity (Wildman–Crippen MR) is 104 cm³/mol. The molecule has 2 aromatic rings. The highest BCUT2D eigenvalue weighted by atomic mass is 16.6. The van der Waals surface area contributed by atoms with E-state index in [1.54, 1.807) is 0 Å². The first-order chi connectivity index (χ1) is 14.0. The summed E-state index contributed by atoms with van der Waals surface area (Å²) in [4.78, 5) is 36.6. The van der Waals surface area contributed by atoms with E-state index in [4.69, 9.17) is 9.84 Å². The monoisotopic (exact) mass is 395 g/mol. The summed E-state index contributed by atoms with van der Waals surface area (Å²) in [7, 11) is 0. The number of amides is 1. The summed E-state index contributed by atoms with van der Waals surface area (Å²) in [6.07, 6.45) is -0.624. The molecule has 0 spiro atoms. The molecule has 7 nitrogen and oxygen atoms in total. The molecule has 1 aliphatic carbocycles. The fraction of sp³-hybridized carbons (Fsp3) is 0.318. The Morgan fingerprint density at radius 1 is 0.931 bits per heavy atom. The maximum atomic E-state index is 12.7. The number of aliphatic carboxylic acids is 2. The lowest BCUT2D eigenvalue weighted by Gasteiger charge is -2.35. The lowest BCUT2D eigenvalue weighted by Crippen LogP contribution is -2.51. The average molecular weight is 395 g/mol. The molecule has 1 heterocycles. The van der Waals surface area contributed by atoms with Crippen molar-refractivity contribution in [3.8, 4) is 11.1 Å². The minimum atomic E-state index is -1.22. The van der Waals surface area contributed by atoms with E-state index in [-0.39, 0.29) is 31.9 Å². The van der Waals surface area contributed by atoms with Crippen LogP contribution in [-0.2, 0) is 14.3 Å². The van der Waals surface area contributed by atoms with E-state index >= 15 is 0 Å². The van der Waals surface area contributed by atoms with Crippen molar-refractivity contribution in [2.45, 2.75) is 24.8 Å². The van der Waals surface area contributed by atoms with Crippen molar-refractivity contribution in [1.29, 1.82) is 0 Å². The number of hydrogen-bond donors (Lipinski definition) is 2. The van der Waals surface area contributed by atoms with Gasteiger partial charge in [0.2, 0.25) is 0 Å². The van der Waals surface area contributed by atoms with Gasteiger partial charge in [0.15, 0.2) is 0 Å². The van der Waals surface area contributed by atoms with Crippen molar-refractivity contribution in [3.05, 3.63) is 59.7 Å². The van der Waals surface area contributed by atoms with Gasteiger partial charge < -0.3 is 14.9 Å². The molecule has 2 aliphatic rings. The molecule has 4 rings (SSSR count). The quantitative estimate of drug-likeness (QED) is 0.824. The Morgan fingerprint density at radius 2 is 1.52 bits per heavy atom. The number of ether oxygens (including phenoxy) is 1. The molecule has 150 valence electrons. The first-order valence-corrected chi connectivity index (χ1v) is 9.54. The Balaban J connectivity index is 1.50. The summed E-state index contributed by atoms with van der Waals surface area (Å²) in [5, 5.41) is 18.6. The smallest absolute Gasteiger partial charge is 0.410 e. The number of nitrogens with zero attached hydrogens (tertiary/aromatic N) is 1. The molecule has 0 aromatic heterocycles. The van der Waals surface area contributed by atoms with Crippen LogP contribution in [0.2, 0.25) is 0 Å². The van der Waals surface area contributed by atoms with Gasteiger partial charge in [0.05, 0.1) is 5.92 Å². The van der Waals surface area contributed by atoms with E-state index in [9.17, 15) is 19.5 Å². The number of rotatable bonds is 4. The van der Waals surface area contributed by atoms with Crippen LogP contribution in [0.3, 0.4) is 0 Å². The van der Waals surface area contributed by atoms with Gasteiger partial charge in [-0.1, -0.05) is 48.5 Å². The van der Waals surface area contributed by atoms with Crippen LogP contribution in [0.15, 0.2) is 48.5 Å². The number of carbonyl (C=O) groups excluding carboxylic acids is 1. The number of carbonyl (C=O) groups is 3. The first kappa shape index (κ1) is 19.0. The van der Waals surface area contributed by atoms with Crippen LogP contribution in [0.4, 0.5) is 4.79 Å². The molecule has 1 fully saturated rings. The maximum absolute atomic E-state index is 12.7. The number of piperidine rings is 1. The van der Waals surface area contributed by atoms with Gasteiger partial charge in [-0.2, -0.15) is 0 Å². The van der Waals surface area contributed by atoms with E-state index in [0.717, 1.165) is 27.2 Å². The van der Waals surface area contributed by atoms with Crippen molar-refractivity contribution in [2.75, 3.05) is 13.2 Å². The Bertz CT molecular complexity index is 926. The van der Waals surface area contributed by atoms with Gasteiger partial charge in [0, 0.05) is 12.5 Å². The molecular weight excluding hydrogens is 374 g/mol. The van der Waals surface area contributed by atoms with Crippen molar-refractivity contribution in [2.24, 2.45) is 5.92 Å². The summed E-state index contributed by atoms with van der Waals surface area (Å²) in [6.45, 7) is 0.142. The largest absolute Gasteiger partial charge is 0.481 e. The lowest BCUT2D eigenvalue weighted by molar-refractivity contribution is -0.149. The Kier molecular flexibility index (Phi) is 4.96. The summed E-state index contributed by atoms with van der Waals surface area (Å²) < 4.78 is 5.53. The topological polar surface area (TPSA) is 104 Å². The number of fused-ring (bicyclic) bond motifs is 3. The van der Waals surface area contributed by atoms with Crippen LogP contribution in [0.25, 0.3) is 11.1 Å². The molecule has 2 N–H and O–H groups in total. The van der Waals surface area contributed by atoms with E-state index in [2.05, 4.69) is 0 Å². The summed E-state index contributed by atoms with van der Waals surface area (Å²) in [5.41, 5.74) is 4.35. The van der Waals surface area contributed by atoms with E-state index in [0.29, 0.717) is 0 Å². The summed E-state index contributed by atoms with van der Waals surface area (Å²) >= 11 is 0. The number of likely N-dealkylation sites (tertiary alicyclic amines) is 1. The average Bonchev–Trinajstić information content (AvgIpc) is 3.05. The van der Waals surface area contributed by atoms with Gasteiger partial charge in [0.1, 0.15) is 12.6 Å². The zero-order valence-electron chi connectivity index (χ0n) is 15.7. The number of hydrogen-bond acceptors (Lipinski definition) is 4. The van der Waals surface area contributed by atoms with Crippen LogP contribution in [0.1, 0.15) is 29.9 Å². The Morgan fingerprint density at radius 3 is 2.07 bits per heavy atom. The first-order valence-electron chi connectivity index (χ1n) is 9.54. The van der Waals surface area contributed by atoms with Crippen LogP contribution >= 0.6 is 0 Å². The Labute approximate surface area is 167 Å². The molecule has 29 heavy (non-hydrogen) atoms. The van der Waals surface area contributed by atoms with Crippen LogP contribution in [0, 0.1) is 5.92 Å². The van der Waals surface area contributed by atoms with Crippen molar-refractivity contribution < 1.29 is 29.3 Å². The van der Waals surface area contributed by atoms with Crippen molar-refractivity contribution >= 4 is 18.0 Å².